The highest BCUT2D eigenvalue weighted by molar-refractivity contribution is 9.10. The van der Waals surface area contributed by atoms with E-state index in [1.807, 2.05) is 25.1 Å². The van der Waals surface area contributed by atoms with Crippen molar-refractivity contribution >= 4 is 33.9 Å². The topological polar surface area (TPSA) is 49.4 Å². The minimum Gasteiger partial charge on any atom is -0.352 e. The van der Waals surface area contributed by atoms with Gasteiger partial charge in [-0.2, -0.15) is 0 Å². The molecular formula is C13H15BrN2O2. The number of carbonyl (C=O) groups is 2. The van der Waals surface area contributed by atoms with E-state index in [0.717, 1.165) is 22.1 Å². The van der Waals surface area contributed by atoms with Gasteiger partial charge in [-0.3, -0.25) is 9.59 Å². The van der Waals surface area contributed by atoms with Gasteiger partial charge in [-0.1, -0.05) is 15.9 Å². The predicted octanol–water partition coefficient (Wildman–Crippen LogP) is 2.38. The monoisotopic (exact) mass is 310 g/mol. The number of anilines is 1. The third kappa shape index (κ3) is 2.27. The smallest absolute Gasteiger partial charge is 0.224 e. The van der Waals surface area contributed by atoms with Crippen molar-refractivity contribution in [1.82, 2.24) is 5.32 Å². The van der Waals surface area contributed by atoms with E-state index in [1.165, 1.54) is 0 Å². The number of halogens is 1. The van der Waals surface area contributed by atoms with Crippen LogP contribution in [0.2, 0.25) is 0 Å². The molecule has 1 aromatic rings. The maximum Gasteiger partial charge on any atom is 0.224 e. The summed E-state index contributed by atoms with van der Waals surface area (Å²) in [6, 6.07) is 5.81. The number of hydrogen-bond acceptors (Lipinski definition) is 2. The van der Waals surface area contributed by atoms with E-state index in [-0.39, 0.29) is 18.0 Å². The average molecular weight is 311 g/mol. The molecule has 0 aliphatic carbocycles. The molecule has 4 nitrogen and oxygen atoms in total. The van der Waals surface area contributed by atoms with E-state index in [1.54, 1.807) is 11.8 Å². The molecule has 0 unspecified atom stereocenters. The summed E-state index contributed by atoms with van der Waals surface area (Å²) in [5.74, 6) is 0.0237. The molecule has 1 aliphatic heterocycles. The van der Waals surface area contributed by atoms with Gasteiger partial charge in [0.1, 0.15) is 0 Å². The lowest BCUT2D eigenvalue weighted by Gasteiger charge is -2.38. The van der Waals surface area contributed by atoms with Crippen LogP contribution in [0.25, 0.3) is 0 Å². The van der Waals surface area contributed by atoms with Crippen LogP contribution < -0.4 is 10.2 Å². The Morgan fingerprint density at radius 1 is 1.56 bits per heavy atom. The second-order valence-corrected chi connectivity index (χ2v) is 5.43. The Kier molecular flexibility index (Phi) is 3.71. The van der Waals surface area contributed by atoms with E-state index in [9.17, 15) is 9.59 Å². The summed E-state index contributed by atoms with van der Waals surface area (Å²) < 4.78 is 0.942. The van der Waals surface area contributed by atoms with E-state index < -0.39 is 0 Å². The third-order valence-corrected chi connectivity index (χ3v) is 3.74. The van der Waals surface area contributed by atoms with Crippen molar-refractivity contribution in [2.24, 2.45) is 0 Å². The number of fused-ring (bicyclic) bond motifs is 1. The third-order valence-electron chi connectivity index (χ3n) is 3.25. The molecule has 96 valence electrons. The summed E-state index contributed by atoms with van der Waals surface area (Å²) in [6.07, 6.45) is 1.44. The van der Waals surface area contributed by atoms with Crippen molar-refractivity contribution < 1.29 is 9.59 Å². The van der Waals surface area contributed by atoms with Gasteiger partial charge in [-0.25, -0.2) is 0 Å². The second kappa shape index (κ2) is 5.10. The van der Waals surface area contributed by atoms with Gasteiger partial charge in [0, 0.05) is 23.1 Å². The van der Waals surface area contributed by atoms with Crippen LogP contribution in [0.15, 0.2) is 22.7 Å². The fourth-order valence-corrected chi connectivity index (χ4v) is 2.93. The molecule has 1 aliphatic rings. The van der Waals surface area contributed by atoms with Crippen molar-refractivity contribution in [3.63, 3.8) is 0 Å². The molecule has 1 N–H and O–H groups in total. The summed E-state index contributed by atoms with van der Waals surface area (Å²) in [5.41, 5.74) is 1.86. The molecule has 0 spiro atoms. The minimum atomic E-state index is -0.0411. The van der Waals surface area contributed by atoms with E-state index >= 15 is 0 Å². The number of nitrogens with one attached hydrogen (secondary N) is 1. The Balaban J connectivity index is 2.51. The van der Waals surface area contributed by atoms with Crippen LogP contribution in [0.1, 0.15) is 31.9 Å². The first kappa shape index (κ1) is 13.1. The standard InChI is InChI=1S/C13H15BrN2O2/c1-8-5-12(15-7-17)11-6-10(14)3-4-13(11)16(8)9(2)18/h3-4,6-8,12H,5H2,1-2H3,(H,15,17)/t8-,12+/m1/s1. The number of benzene rings is 1. The molecule has 2 rings (SSSR count). The lowest BCUT2D eigenvalue weighted by molar-refractivity contribution is -0.117. The molecule has 2 amide bonds. The van der Waals surface area contributed by atoms with E-state index in [2.05, 4.69) is 21.2 Å². The van der Waals surface area contributed by atoms with Crippen molar-refractivity contribution in [2.45, 2.75) is 32.4 Å². The summed E-state index contributed by atoms with van der Waals surface area (Å²) in [6.45, 7) is 3.56. The molecule has 0 saturated carbocycles. The number of carbonyl (C=O) groups excluding carboxylic acids is 2. The minimum absolute atomic E-state index is 0.0237. The largest absolute Gasteiger partial charge is 0.352 e. The van der Waals surface area contributed by atoms with Gasteiger partial charge in [-0.15, -0.1) is 0 Å². The Morgan fingerprint density at radius 2 is 2.28 bits per heavy atom. The van der Waals surface area contributed by atoms with Crippen LogP contribution in [0.4, 0.5) is 5.69 Å². The van der Waals surface area contributed by atoms with Crippen molar-refractivity contribution in [3.05, 3.63) is 28.2 Å². The lowest BCUT2D eigenvalue weighted by atomic mass is 9.92. The van der Waals surface area contributed by atoms with Crippen molar-refractivity contribution in [2.75, 3.05) is 4.90 Å². The molecule has 1 heterocycles. The highest BCUT2D eigenvalue weighted by Crippen LogP contribution is 2.38. The molecule has 18 heavy (non-hydrogen) atoms. The molecule has 0 bridgehead atoms. The molecule has 0 saturated heterocycles. The van der Waals surface area contributed by atoms with Crippen LogP contribution in [-0.2, 0) is 9.59 Å². The Bertz CT molecular complexity index is 490. The lowest BCUT2D eigenvalue weighted by Crippen LogP contribution is -2.44. The molecular weight excluding hydrogens is 296 g/mol. The number of amides is 2. The predicted molar refractivity (Wildman–Crippen MR) is 73.3 cm³/mol. The zero-order valence-corrected chi connectivity index (χ0v) is 11.9. The molecule has 1 aromatic carbocycles. The van der Waals surface area contributed by atoms with Gasteiger partial charge in [-0.05, 0) is 37.1 Å². The highest BCUT2D eigenvalue weighted by atomic mass is 79.9. The number of nitrogens with zero attached hydrogens (tertiary/aromatic N) is 1. The van der Waals surface area contributed by atoms with E-state index in [4.69, 9.17) is 0 Å². The molecule has 2 atom stereocenters. The quantitative estimate of drug-likeness (QED) is 0.853. The molecule has 0 fully saturated rings. The molecule has 5 heteroatoms. The Morgan fingerprint density at radius 3 is 2.89 bits per heavy atom. The fourth-order valence-electron chi connectivity index (χ4n) is 2.55. The fraction of sp³-hybridized carbons (Fsp3) is 0.385. The van der Waals surface area contributed by atoms with Gasteiger partial charge < -0.3 is 10.2 Å². The summed E-state index contributed by atoms with van der Waals surface area (Å²) >= 11 is 3.42. The van der Waals surface area contributed by atoms with Crippen LogP contribution in [0, 0.1) is 0 Å². The van der Waals surface area contributed by atoms with Gasteiger partial charge in [0.2, 0.25) is 12.3 Å². The Labute approximate surface area is 114 Å². The Hall–Kier alpha value is -1.36. The van der Waals surface area contributed by atoms with Crippen molar-refractivity contribution in [3.8, 4) is 0 Å². The number of hydrogen-bond donors (Lipinski definition) is 1. The maximum atomic E-state index is 11.7. The summed E-state index contributed by atoms with van der Waals surface area (Å²) in [5, 5.41) is 2.82. The zero-order valence-electron chi connectivity index (χ0n) is 10.3. The highest BCUT2D eigenvalue weighted by Gasteiger charge is 2.32. The second-order valence-electron chi connectivity index (χ2n) is 4.51. The SMILES string of the molecule is CC(=O)N1c2ccc(Br)cc2[C@@H](NC=O)C[C@H]1C. The van der Waals surface area contributed by atoms with Crippen LogP contribution in [0.5, 0.6) is 0 Å². The summed E-state index contributed by atoms with van der Waals surface area (Å²) in [4.78, 5) is 24.2. The van der Waals surface area contributed by atoms with Gasteiger partial charge in [0.15, 0.2) is 0 Å². The molecule has 0 radical (unpaired) electrons. The van der Waals surface area contributed by atoms with E-state index in [0.29, 0.717) is 6.41 Å². The van der Waals surface area contributed by atoms with Crippen LogP contribution in [-0.4, -0.2) is 18.4 Å². The van der Waals surface area contributed by atoms with Crippen LogP contribution in [0.3, 0.4) is 0 Å². The van der Waals surface area contributed by atoms with Gasteiger partial charge >= 0.3 is 0 Å². The van der Waals surface area contributed by atoms with Crippen molar-refractivity contribution in [1.29, 1.82) is 0 Å². The zero-order chi connectivity index (χ0) is 13.3. The molecule has 0 aromatic heterocycles. The first-order chi connectivity index (χ1) is 8.54. The van der Waals surface area contributed by atoms with Crippen LogP contribution >= 0.6 is 15.9 Å². The summed E-state index contributed by atoms with van der Waals surface area (Å²) in [7, 11) is 0. The average Bonchev–Trinajstić information content (AvgIpc) is 2.29. The van der Waals surface area contributed by atoms with Gasteiger partial charge in [0.05, 0.1) is 6.04 Å². The normalized spacial score (nSPS) is 22.3. The first-order valence-electron chi connectivity index (χ1n) is 5.83. The maximum absolute atomic E-state index is 11.7. The van der Waals surface area contributed by atoms with Gasteiger partial charge in [0.25, 0.3) is 0 Å². The first-order valence-corrected chi connectivity index (χ1v) is 6.63. The number of rotatable bonds is 2.